The molecule has 0 saturated heterocycles. The van der Waals surface area contributed by atoms with Gasteiger partial charge in [0, 0.05) is 13.5 Å². The molecule has 1 aromatic carbocycles. The number of oxazole rings is 1. The van der Waals surface area contributed by atoms with Crippen LogP contribution in [0, 0.1) is 6.92 Å². The second-order valence-corrected chi connectivity index (χ2v) is 8.71. The predicted molar refractivity (Wildman–Crippen MR) is 106 cm³/mol. The molecule has 2 aromatic rings. The van der Waals surface area contributed by atoms with Crippen molar-refractivity contribution in [1.29, 1.82) is 0 Å². The Labute approximate surface area is 157 Å². The van der Waals surface area contributed by atoms with E-state index in [4.69, 9.17) is 4.42 Å². The van der Waals surface area contributed by atoms with Crippen molar-refractivity contribution in [3.63, 3.8) is 0 Å². The van der Waals surface area contributed by atoms with Gasteiger partial charge in [-0.1, -0.05) is 64.7 Å². The number of benzene rings is 1. The van der Waals surface area contributed by atoms with Crippen LogP contribution in [0.2, 0.25) is 0 Å². The molecule has 0 fully saturated rings. The highest BCUT2D eigenvalue weighted by molar-refractivity contribution is 7.89. The van der Waals surface area contributed by atoms with Crippen LogP contribution >= 0.6 is 0 Å². The van der Waals surface area contributed by atoms with E-state index in [1.54, 1.807) is 25.1 Å². The molecule has 0 radical (unpaired) electrons. The number of aromatic nitrogens is 1. The Morgan fingerprint density at radius 3 is 2.23 bits per heavy atom. The molecular formula is C20H32N2O3S. The maximum absolute atomic E-state index is 12.4. The summed E-state index contributed by atoms with van der Waals surface area (Å²) in [5.41, 5.74) is 1.18. The molecule has 1 aromatic heterocycles. The SMILES string of the molecule is CCCCCCCCCCCCNS(=O)(=O)c1ccc2oc(C)nc2c1. The second-order valence-electron chi connectivity index (χ2n) is 6.94. The Kier molecular flexibility index (Phi) is 8.59. The van der Waals surface area contributed by atoms with Crippen LogP contribution in [0.15, 0.2) is 27.5 Å². The molecule has 1 heterocycles. The third kappa shape index (κ3) is 6.72. The summed E-state index contributed by atoms with van der Waals surface area (Å²) in [5, 5.41) is 0. The number of hydrogen-bond donors (Lipinski definition) is 1. The normalized spacial score (nSPS) is 12.1. The number of unbranched alkanes of at least 4 members (excludes halogenated alkanes) is 9. The highest BCUT2D eigenvalue weighted by atomic mass is 32.2. The summed E-state index contributed by atoms with van der Waals surface area (Å²) in [7, 11) is -3.48. The van der Waals surface area contributed by atoms with Crippen LogP contribution in [0.25, 0.3) is 11.1 Å². The molecule has 0 spiro atoms. The van der Waals surface area contributed by atoms with Gasteiger partial charge in [-0.3, -0.25) is 0 Å². The Hall–Kier alpha value is -1.40. The van der Waals surface area contributed by atoms with Gasteiger partial charge in [0.15, 0.2) is 11.5 Å². The fraction of sp³-hybridized carbons (Fsp3) is 0.650. The van der Waals surface area contributed by atoms with Crippen LogP contribution in [0.1, 0.15) is 77.0 Å². The van der Waals surface area contributed by atoms with Crippen LogP contribution in [0.3, 0.4) is 0 Å². The summed E-state index contributed by atoms with van der Waals surface area (Å²) < 4.78 is 32.8. The quantitative estimate of drug-likeness (QED) is 0.476. The van der Waals surface area contributed by atoms with Gasteiger partial charge in [-0.05, 0) is 24.6 Å². The number of sulfonamides is 1. The molecule has 0 atom stereocenters. The zero-order valence-electron chi connectivity index (χ0n) is 16.1. The first-order valence-corrected chi connectivity index (χ1v) is 11.4. The largest absolute Gasteiger partial charge is 0.441 e. The molecule has 6 heteroatoms. The van der Waals surface area contributed by atoms with Crippen LogP contribution in [-0.4, -0.2) is 19.9 Å². The molecular weight excluding hydrogens is 348 g/mol. The average molecular weight is 381 g/mol. The van der Waals surface area contributed by atoms with Crippen molar-refractivity contribution >= 4 is 21.1 Å². The van der Waals surface area contributed by atoms with Crippen molar-refractivity contribution in [2.75, 3.05) is 6.54 Å². The molecule has 0 amide bonds. The van der Waals surface area contributed by atoms with E-state index in [1.165, 1.54) is 51.4 Å². The number of nitrogens with zero attached hydrogens (tertiary/aromatic N) is 1. The van der Waals surface area contributed by atoms with Crippen LogP contribution in [0.5, 0.6) is 0 Å². The zero-order chi connectivity index (χ0) is 18.8. The third-order valence-corrected chi connectivity index (χ3v) is 6.06. The first-order chi connectivity index (χ1) is 12.5. The van der Waals surface area contributed by atoms with Crippen molar-refractivity contribution in [1.82, 2.24) is 9.71 Å². The van der Waals surface area contributed by atoms with E-state index >= 15 is 0 Å². The minimum Gasteiger partial charge on any atom is -0.441 e. The summed E-state index contributed by atoms with van der Waals surface area (Å²) in [6.45, 7) is 4.47. The standard InChI is InChI=1S/C20H32N2O3S/c1-3-4-5-6-7-8-9-10-11-12-15-21-26(23,24)18-13-14-20-19(16-18)22-17(2)25-20/h13-14,16,21H,3-12,15H2,1-2H3. The van der Waals surface area contributed by atoms with Crippen molar-refractivity contribution < 1.29 is 12.8 Å². The van der Waals surface area contributed by atoms with E-state index in [9.17, 15) is 8.42 Å². The summed E-state index contributed by atoms with van der Waals surface area (Å²) in [6, 6.07) is 4.78. The topological polar surface area (TPSA) is 72.2 Å². The first-order valence-electron chi connectivity index (χ1n) is 9.90. The maximum atomic E-state index is 12.4. The number of hydrogen-bond acceptors (Lipinski definition) is 4. The van der Waals surface area contributed by atoms with Gasteiger partial charge in [0.05, 0.1) is 4.90 Å². The van der Waals surface area contributed by atoms with Gasteiger partial charge < -0.3 is 4.42 Å². The Bertz CT molecular complexity index is 768. The number of aryl methyl sites for hydroxylation is 1. The van der Waals surface area contributed by atoms with Crippen LogP contribution in [-0.2, 0) is 10.0 Å². The molecule has 2 rings (SSSR count). The Morgan fingerprint density at radius 1 is 0.962 bits per heavy atom. The van der Waals surface area contributed by atoms with Crippen molar-refractivity contribution in [2.24, 2.45) is 0 Å². The van der Waals surface area contributed by atoms with Crippen molar-refractivity contribution in [2.45, 2.75) is 83.0 Å². The van der Waals surface area contributed by atoms with Gasteiger partial charge in [-0.15, -0.1) is 0 Å². The molecule has 0 saturated carbocycles. The molecule has 0 unspecified atom stereocenters. The van der Waals surface area contributed by atoms with E-state index < -0.39 is 10.0 Å². The van der Waals surface area contributed by atoms with E-state index in [1.807, 2.05) is 0 Å². The maximum Gasteiger partial charge on any atom is 0.240 e. The predicted octanol–water partition coefficient (Wildman–Crippen LogP) is 5.34. The smallest absolute Gasteiger partial charge is 0.240 e. The third-order valence-electron chi connectivity index (χ3n) is 4.60. The Morgan fingerprint density at radius 2 is 1.58 bits per heavy atom. The fourth-order valence-electron chi connectivity index (χ4n) is 3.09. The van der Waals surface area contributed by atoms with Gasteiger partial charge >= 0.3 is 0 Å². The van der Waals surface area contributed by atoms with Gasteiger partial charge in [0.25, 0.3) is 0 Å². The number of nitrogens with one attached hydrogen (secondary N) is 1. The lowest BCUT2D eigenvalue weighted by atomic mass is 10.1. The lowest BCUT2D eigenvalue weighted by Gasteiger charge is -2.07. The molecule has 146 valence electrons. The molecule has 1 N–H and O–H groups in total. The lowest BCUT2D eigenvalue weighted by Crippen LogP contribution is -2.24. The highest BCUT2D eigenvalue weighted by Gasteiger charge is 2.15. The van der Waals surface area contributed by atoms with Crippen LogP contribution in [0.4, 0.5) is 0 Å². The molecule has 26 heavy (non-hydrogen) atoms. The monoisotopic (exact) mass is 380 g/mol. The summed E-state index contributed by atoms with van der Waals surface area (Å²) in [6.07, 6.45) is 12.4. The molecule has 0 aliphatic rings. The van der Waals surface area contributed by atoms with E-state index in [2.05, 4.69) is 16.6 Å². The summed E-state index contributed by atoms with van der Waals surface area (Å²) in [5.74, 6) is 0.535. The van der Waals surface area contributed by atoms with Crippen LogP contribution < -0.4 is 4.72 Å². The Balaban J connectivity index is 1.63. The summed E-state index contributed by atoms with van der Waals surface area (Å²) >= 11 is 0. The number of rotatable bonds is 13. The minimum atomic E-state index is -3.48. The average Bonchev–Trinajstić information content (AvgIpc) is 2.98. The van der Waals surface area contributed by atoms with Gasteiger partial charge in [-0.2, -0.15) is 0 Å². The van der Waals surface area contributed by atoms with Gasteiger partial charge in [0.2, 0.25) is 10.0 Å². The fourth-order valence-corrected chi connectivity index (χ4v) is 4.19. The molecule has 0 aliphatic heterocycles. The van der Waals surface area contributed by atoms with Crippen molar-refractivity contribution in [3.8, 4) is 0 Å². The van der Waals surface area contributed by atoms with E-state index in [0.29, 0.717) is 23.5 Å². The molecule has 0 aliphatic carbocycles. The van der Waals surface area contributed by atoms with Gasteiger partial charge in [0.1, 0.15) is 5.52 Å². The highest BCUT2D eigenvalue weighted by Crippen LogP contribution is 2.19. The lowest BCUT2D eigenvalue weighted by molar-refractivity contribution is 0.549. The molecule has 0 bridgehead atoms. The van der Waals surface area contributed by atoms with E-state index in [0.717, 1.165) is 12.8 Å². The van der Waals surface area contributed by atoms with E-state index in [-0.39, 0.29) is 4.90 Å². The summed E-state index contributed by atoms with van der Waals surface area (Å²) in [4.78, 5) is 4.43. The minimum absolute atomic E-state index is 0.241. The molecule has 5 nitrogen and oxygen atoms in total. The van der Waals surface area contributed by atoms with Crippen molar-refractivity contribution in [3.05, 3.63) is 24.1 Å². The van der Waals surface area contributed by atoms with Gasteiger partial charge in [-0.25, -0.2) is 18.1 Å². The second kappa shape index (κ2) is 10.7. The first kappa shape index (κ1) is 20.9. The zero-order valence-corrected chi connectivity index (χ0v) is 16.9. The number of fused-ring (bicyclic) bond motifs is 1.